The largest absolute Gasteiger partial charge is 0.461 e. The number of ketones is 1. The van der Waals surface area contributed by atoms with Gasteiger partial charge in [0.05, 0.1) is 12.7 Å². The van der Waals surface area contributed by atoms with E-state index in [0.29, 0.717) is 12.5 Å². The molecule has 0 unspecified atom stereocenters. The quantitative estimate of drug-likeness (QED) is 0.369. The summed E-state index contributed by atoms with van der Waals surface area (Å²) in [6.07, 6.45) is 8.37. The molecule has 1 saturated carbocycles. The zero-order chi connectivity index (χ0) is 20.0. The predicted octanol–water partition coefficient (Wildman–Crippen LogP) is 4.79. The highest BCUT2D eigenvalue weighted by Crippen LogP contribution is 2.52. The molecule has 1 fully saturated rings. The highest BCUT2D eigenvalue weighted by atomic mass is 16.5. The van der Waals surface area contributed by atoms with E-state index in [0.717, 1.165) is 37.7 Å². The van der Waals surface area contributed by atoms with Crippen molar-refractivity contribution in [3.63, 3.8) is 0 Å². The van der Waals surface area contributed by atoms with Gasteiger partial charge in [0, 0.05) is 0 Å². The number of esters is 1. The topological polar surface area (TPSA) is 52.6 Å². The molecule has 1 aromatic rings. The smallest absolute Gasteiger partial charge is 0.313 e. The fourth-order valence-corrected chi connectivity index (χ4v) is 4.61. The normalized spacial score (nSPS) is 26.7. The van der Waals surface area contributed by atoms with Gasteiger partial charge in [-0.1, -0.05) is 56.0 Å². The van der Waals surface area contributed by atoms with Crippen molar-refractivity contribution in [3.05, 3.63) is 60.2 Å². The van der Waals surface area contributed by atoms with Crippen LogP contribution < -0.4 is 0 Å². The van der Waals surface area contributed by atoms with Gasteiger partial charge in [0.15, 0.2) is 5.78 Å². The third-order valence-corrected chi connectivity index (χ3v) is 6.21. The molecule has 0 aromatic heterocycles. The van der Waals surface area contributed by atoms with E-state index in [-0.39, 0.29) is 30.3 Å². The van der Waals surface area contributed by atoms with Crippen LogP contribution in [0.25, 0.3) is 0 Å². The minimum absolute atomic E-state index is 0.0927. The van der Waals surface area contributed by atoms with E-state index in [4.69, 9.17) is 9.47 Å². The summed E-state index contributed by atoms with van der Waals surface area (Å²) in [5, 5.41) is 0. The summed E-state index contributed by atoms with van der Waals surface area (Å²) in [5.41, 5.74) is 1.84. The fourth-order valence-electron chi connectivity index (χ4n) is 4.61. The van der Waals surface area contributed by atoms with Crippen molar-refractivity contribution in [1.82, 2.24) is 0 Å². The maximum Gasteiger partial charge on any atom is 0.313 e. The number of carbonyl (C=O) groups excluding carboxylic acids is 2. The first-order valence-electron chi connectivity index (χ1n) is 10.2. The average molecular weight is 383 g/mol. The SMILES string of the molecule is C=CCOC(=O)CC(=O)C1=CCC[C@@H]2C[C@H](OCc3ccccc3)CC[C@@]12C. The zero-order valence-electron chi connectivity index (χ0n) is 16.7. The van der Waals surface area contributed by atoms with Crippen LogP contribution in [0.2, 0.25) is 0 Å². The van der Waals surface area contributed by atoms with Crippen molar-refractivity contribution in [2.24, 2.45) is 11.3 Å². The lowest BCUT2D eigenvalue weighted by molar-refractivity contribution is -0.144. The molecular formula is C24H30O4. The van der Waals surface area contributed by atoms with Crippen LogP contribution in [0.4, 0.5) is 0 Å². The monoisotopic (exact) mass is 382 g/mol. The average Bonchev–Trinajstić information content (AvgIpc) is 2.70. The fraction of sp³-hybridized carbons (Fsp3) is 0.500. The molecule has 4 nitrogen and oxygen atoms in total. The zero-order valence-corrected chi connectivity index (χ0v) is 16.7. The number of hydrogen-bond acceptors (Lipinski definition) is 4. The lowest BCUT2D eigenvalue weighted by Gasteiger charge is -2.47. The molecule has 0 heterocycles. The Bertz CT molecular complexity index is 736. The second-order valence-electron chi connectivity index (χ2n) is 8.07. The number of Topliss-reactive ketones (excluding diaryl/α,β-unsaturated/α-hetero) is 1. The predicted molar refractivity (Wildman–Crippen MR) is 109 cm³/mol. The second kappa shape index (κ2) is 9.33. The van der Waals surface area contributed by atoms with E-state index in [9.17, 15) is 9.59 Å². The summed E-state index contributed by atoms with van der Waals surface area (Å²) >= 11 is 0. The maximum absolute atomic E-state index is 12.8. The van der Waals surface area contributed by atoms with Crippen molar-refractivity contribution >= 4 is 11.8 Å². The van der Waals surface area contributed by atoms with Crippen molar-refractivity contribution in [1.29, 1.82) is 0 Å². The molecule has 1 aromatic carbocycles. The minimum Gasteiger partial charge on any atom is -0.461 e. The number of hydrogen-bond donors (Lipinski definition) is 0. The van der Waals surface area contributed by atoms with Gasteiger partial charge in [0.1, 0.15) is 13.0 Å². The molecule has 0 bridgehead atoms. The van der Waals surface area contributed by atoms with E-state index >= 15 is 0 Å². The van der Waals surface area contributed by atoms with Crippen LogP contribution in [0, 0.1) is 11.3 Å². The van der Waals surface area contributed by atoms with Crippen LogP contribution in [0.5, 0.6) is 0 Å². The number of fused-ring (bicyclic) bond motifs is 1. The summed E-state index contributed by atoms with van der Waals surface area (Å²) in [7, 11) is 0. The molecule has 0 spiro atoms. The van der Waals surface area contributed by atoms with Crippen molar-refractivity contribution in [2.45, 2.75) is 58.2 Å². The van der Waals surface area contributed by atoms with Crippen LogP contribution in [-0.2, 0) is 25.7 Å². The maximum atomic E-state index is 12.8. The number of rotatable bonds is 8. The number of ether oxygens (including phenoxy) is 2. The molecule has 3 atom stereocenters. The standard InChI is InChI=1S/C24H30O4/c1-3-14-27-23(26)16-22(25)21-11-7-10-19-15-20(12-13-24(19,21)2)28-17-18-8-5-4-6-9-18/h3-6,8-9,11,19-20H,1,7,10,12-17H2,2H3/t19-,20-,24-/m1/s1. The molecule has 2 aliphatic carbocycles. The third-order valence-electron chi connectivity index (χ3n) is 6.21. The third kappa shape index (κ3) is 4.79. The Morgan fingerprint density at radius 1 is 1.25 bits per heavy atom. The van der Waals surface area contributed by atoms with E-state index in [1.807, 2.05) is 24.3 Å². The van der Waals surface area contributed by atoms with Gasteiger partial charge in [0.2, 0.25) is 0 Å². The Labute approximate surface area is 167 Å². The van der Waals surface area contributed by atoms with Gasteiger partial charge < -0.3 is 9.47 Å². The number of benzene rings is 1. The first-order chi connectivity index (χ1) is 13.5. The van der Waals surface area contributed by atoms with Gasteiger partial charge in [-0.25, -0.2) is 0 Å². The highest BCUT2D eigenvalue weighted by molar-refractivity contribution is 6.06. The summed E-state index contributed by atoms with van der Waals surface area (Å²) in [6.45, 7) is 6.48. The van der Waals surface area contributed by atoms with Crippen LogP contribution in [-0.4, -0.2) is 24.5 Å². The Kier molecular flexibility index (Phi) is 6.84. The van der Waals surface area contributed by atoms with Crippen molar-refractivity contribution < 1.29 is 19.1 Å². The van der Waals surface area contributed by atoms with E-state index in [1.54, 1.807) is 0 Å². The summed E-state index contributed by atoms with van der Waals surface area (Å²) in [6, 6.07) is 10.2. The van der Waals surface area contributed by atoms with Gasteiger partial charge in [-0.05, 0) is 54.6 Å². The van der Waals surface area contributed by atoms with Gasteiger partial charge in [-0.2, -0.15) is 0 Å². The first kappa shape index (κ1) is 20.5. The molecule has 28 heavy (non-hydrogen) atoms. The van der Waals surface area contributed by atoms with Crippen LogP contribution in [0.15, 0.2) is 54.6 Å². The lowest BCUT2D eigenvalue weighted by atomic mass is 9.58. The molecule has 2 aliphatic rings. The summed E-state index contributed by atoms with van der Waals surface area (Å²) in [5.74, 6) is -0.156. The molecule has 3 rings (SSSR count). The Balaban J connectivity index is 1.59. The molecular weight excluding hydrogens is 352 g/mol. The van der Waals surface area contributed by atoms with Crippen molar-refractivity contribution in [3.8, 4) is 0 Å². The lowest BCUT2D eigenvalue weighted by Crippen LogP contribution is -2.42. The number of carbonyl (C=O) groups is 2. The molecule has 150 valence electrons. The van der Waals surface area contributed by atoms with Crippen LogP contribution in [0.1, 0.15) is 51.0 Å². The number of allylic oxidation sites excluding steroid dienone is 2. The van der Waals surface area contributed by atoms with Gasteiger partial charge in [0.25, 0.3) is 0 Å². The van der Waals surface area contributed by atoms with Gasteiger partial charge >= 0.3 is 5.97 Å². The molecule has 0 N–H and O–H groups in total. The Morgan fingerprint density at radius 3 is 2.79 bits per heavy atom. The summed E-state index contributed by atoms with van der Waals surface area (Å²) in [4.78, 5) is 24.7. The Morgan fingerprint density at radius 2 is 2.04 bits per heavy atom. The Hall–Kier alpha value is -2.20. The van der Waals surface area contributed by atoms with Crippen molar-refractivity contribution in [2.75, 3.05) is 6.61 Å². The molecule has 0 aliphatic heterocycles. The van der Waals surface area contributed by atoms with Gasteiger partial charge in [-0.15, -0.1) is 0 Å². The van der Waals surface area contributed by atoms with E-state index in [2.05, 4.69) is 25.6 Å². The molecule has 0 saturated heterocycles. The molecule has 0 radical (unpaired) electrons. The molecule has 0 amide bonds. The molecule has 4 heteroatoms. The van der Waals surface area contributed by atoms with E-state index in [1.165, 1.54) is 11.6 Å². The second-order valence-corrected chi connectivity index (χ2v) is 8.07. The first-order valence-corrected chi connectivity index (χ1v) is 10.2. The summed E-state index contributed by atoms with van der Waals surface area (Å²) < 4.78 is 11.2. The minimum atomic E-state index is -0.476. The highest BCUT2D eigenvalue weighted by Gasteiger charge is 2.46. The van der Waals surface area contributed by atoms with Crippen LogP contribution >= 0.6 is 0 Å². The van der Waals surface area contributed by atoms with Crippen LogP contribution in [0.3, 0.4) is 0 Å². The van der Waals surface area contributed by atoms with Gasteiger partial charge in [-0.3, -0.25) is 9.59 Å². The van der Waals surface area contributed by atoms with E-state index < -0.39 is 5.97 Å².